The molecule has 0 aromatic heterocycles. The van der Waals surface area contributed by atoms with Crippen molar-refractivity contribution >= 4 is 6.09 Å². The maximum Gasteiger partial charge on any atom is 0.407 e. The van der Waals surface area contributed by atoms with Gasteiger partial charge in [-0.1, -0.05) is 0 Å². The van der Waals surface area contributed by atoms with Gasteiger partial charge in [0, 0.05) is 19.6 Å². The SMILES string of the molecule is CN(C[C@@H]1CCCN1)C(=O)O. The van der Waals surface area contributed by atoms with Crippen molar-refractivity contribution in [1.29, 1.82) is 0 Å². The summed E-state index contributed by atoms with van der Waals surface area (Å²) in [6.07, 6.45) is 1.41. The van der Waals surface area contributed by atoms with Gasteiger partial charge in [0.2, 0.25) is 0 Å². The number of carboxylic acid groups (broad SMARTS) is 1. The van der Waals surface area contributed by atoms with Crippen LogP contribution in [0, 0.1) is 0 Å². The van der Waals surface area contributed by atoms with E-state index in [0.717, 1.165) is 19.4 Å². The van der Waals surface area contributed by atoms with E-state index in [2.05, 4.69) is 5.32 Å². The molecule has 0 saturated carbocycles. The number of amides is 1. The zero-order valence-corrected chi connectivity index (χ0v) is 6.71. The predicted octanol–water partition coefficient (Wildman–Crippen LogP) is 0.348. The third-order valence-corrected chi connectivity index (χ3v) is 1.98. The lowest BCUT2D eigenvalue weighted by atomic mass is 10.2. The van der Waals surface area contributed by atoms with Gasteiger partial charge in [0.15, 0.2) is 0 Å². The van der Waals surface area contributed by atoms with Crippen molar-refractivity contribution in [3.8, 4) is 0 Å². The largest absolute Gasteiger partial charge is 0.465 e. The maximum absolute atomic E-state index is 10.4. The van der Waals surface area contributed by atoms with Crippen LogP contribution in [0.2, 0.25) is 0 Å². The van der Waals surface area contributed by atoms with Crippen LogP contribution in [0.3, 0.4) is 0 Å². The van der Waals surface area contributed by atoms with Gasteiger partial charge in [-0.2, -0.15) is 0 Å². The molecule has 0 radical (unpaired) electrons. The Morgan fingerprint density at radius 1 is 1.82 bits per heavy atom. The van der Waals surface area contributed by atoms with Crippen LogP contribution in [0.1, 0.15) is 12.8 Å². The average molecular weight is 158 g/mol. The molecule has 1 atom stereocenters. The summed E-state index contributed by atoms with van der Waals surface area (Å²) in [6.45, 7) is 1.63. The van der Waals surface area contributed by atoms with Crippen LogP contribution in [0.25, 0.3) is 0 Å². The van der Waals surface area contributed by atoms with Gasteiger partial charge < -0.3 is 15.3 Å². The van der Waals surface area contributed by atoms with E-state index >= 15 is 0 Å². The second kappa shape index (κ2) is 3.57. The Morgan fingerprint density at radius 3 is 3.00 bits per heavy atom. The Morgan fingerprint density at radius 2 is 2.55 bits per heavy atom. The summed E-state index contributed by atoms with van der Waals surface area (Å²) in [6, 6.07) is 0.371. The molecule has 4 nitrogen and oxygen atoms in total. The van der Waals surface area contributed by atoms with E-state index < -0.39 is 6.09 Å². The normalized spacial score (nSPS) is 23.5. The fourth-order valence-corrected chi connectivity index (χ4v) is 1.32. The monoisotopic (exact) mass is 158 g/mol. The first-order valence-corrected chi connectivity index (χ1v) is 3.87. The summed E-state index contributed by atoms with van der Waals surface area (Å²) in [4.78, 5) is 11.7. The lowest BCUT2D eigenvalue weighted by Gasteiger charge is -2.17. The molecule has 1 rings (SSSR count). The highest BCUT2D eigenvalue weighted by Gasteiger charge is 2.17. The highest BCUT2D eigenvalue weighted by molar-refractivity contribution is 5.64. The molecule has 1 amide bonds. The second-order valence-corrected chi connectivity index (χ2v) is 2.96. The summed E-state index contributed by atoms with van der Waals surface area (Å²) in [5.41, 5.74) is 0. The van der Waals surface area contributed by atoms with E-state index in [9.17, 15) is 4.79 Å². The highest BCUT2D eigenvalue weighted by Crippen LogP contribution is 2.05. The molecule has 0 aromatic carbocycles. The number of rotatable bonds is 2. The number of hydrogen-bond donors (Lipinski definition) is 2. The highest BCUT2D eigenvalue weighted by atomic mass is 16.4. The van der Waals surface area contributed by atoms with Crippen LogP contribution in [0.15, 0.2) is 0 Å². The van der Waals surface area contributed by atoms with Gasteiger partial charge >= 0.3 is 6.09 Å². The Balaban J connectivity index is 2.23. The number of nitrogens with zero attached hydrogens (tertiary/aromatic N) is 1. The summed E-state index contributed by atoms with van der Waals surface area (Å²) in [5.74, 6) is 0. The molecule has 0 aromatic rings. The van der Waals surface area contributed by atoms with Crippen molar-refractivity contribution in [3.63, 3.8) is 0 Å². The van der Waals surface area contributed by atoms with E-state index in [1.807, 2.05) is 0 Å². The molecule has 2 N–H and O–H groups in total. The summed E-state index contributed by atoms with van der Waals surface area (Å²) in [5, 5.41) is 11.8. The summed E-state index contributed by atoms with van der Waals surface area (Å²) >= 11 is 0. The quantitative estimate of drug-likeness (QED) is 0.609. The lowest BCUT2D eigenvalue weighted by molar-refractivity contribution is 0.152. The molecule has 0 spiro atoms. The zero-order chi connectivity index (χ0) is 8.27. The third kappa shape index (κ3) is 2.38. The molecular formula is C7H14N2O2. The Kier molecular flexibility index (Phi) is 2.70. The van der Waals surface area contributed by atoms with Crippen molar-refractivity contribution in [2.24, 2.45) is 0 Å². The predicted molar refractivity (Wildman–Crippen MR) is 41.7 cm³/mol. The molecule has 1 saturated heterocycles. The fourth-order valence-electron chi connectivity index (χ4n) is 1.32. The number of nitrogens with one attached hydrogen (secondary N) is 1. The van der Waals surface area contributed by atoms with Gasteiger partial charge in [0.1, 0.15) is 0 Å². The van der Waals surface area contributed by atoms with Crippen LogP contribution < -0.4 is 5.32 Å². The topological polar surface area (TPSA) is 52.6 Å². The van der Waals surface area contributed by atoms with Gasteiger partial charge in [0.05, 0.1) is 0 Å². The number of likely N-dealkylation sites (N-methyl/N-ethyl adjacent to an activating group) is 1. The minimum Gasteiger partial charge on any atom is -0.465 e. The van der Waals surface area contributed by atoms with E-state index in [0.29, 0.717) is 12.6 Å². The minimum absolute atomic E-state index is 0.371. The standard InChI is InChI=1S/C7H14N2O2/c1-9(7(10)11)5-6-3-2-4-8-6/h6,8H,2-5H2,1H3,(H,10,11)/t6-/m0/s1. The smallest absolute Gasteiger partial charge is 0.407 e. The first kappa shape index (κ1) is 8.33. The third-order valence-electron chi connectivity index (χ3n) is 1.98. The second-order valence-electron chi connectivity index (χ2n) is 2.96. The molecule has 11 heavy (non-hydrogen) atoms. The minimum atomic E-state index is -0.848. The van der Waals surface area contributed by atoms with E-state index in [4.69, 9.17) is 5.11 Å². The molecule has 1 aliphatic heterocycles. The summed E-state index contributed by atoms with van der Waals surface area (Å²) < 4.78 is 0. The fraction of sp³-hybridized carbons (Fsp3) is 0.857. The van der Waals surface area contributed by atoms with Crippen molar-refractivity contribution in [2.75, 3.05) is 20.1 Å². The van der Waals surface area contributed by atoms with Gasteiger partial charge in [-0.3, -0.25) is 0 Å². The average Bonchev–Trinajstić information content (AvgIpc) is 2.39. The molecule has 1 heterocycles. The first-order chi connectivity index (χ1) is 5.20. The molecule has 64 valence electrons. The van der Waals surface area contributed by atoms with Crippen LogP contribution in [-0.4, -0.2) is 42.3 Å². The first-order valence-electron chi connectivity index (χ1n) is 3.87. The Bertz CT molecular complexity index is 143. The van der Waals surface area contributed by atoms with Crippen LogP contribution in [-0.2, 0) is 0 Å². The van der Waals surface area contributed by atoms with Crippen molar-refractivity contribution < 1.29 is 9.90 Å². The number of hydrogen-bond acceptors (Lipinski definition) is 2. The molecule has 1 fully saturated rings. The molecule has 0 aliphatic carbocycles. The molecule has 4 heteroatoms. The van der Waals surface area contributed by atoms with Gasteiger partial charge in [0.25, 0.3) is 0 Å². The molecular weight excluding hydrogens is 144 g/mol. The van der Waals surface area contributed by atoms with E-state index in [1.165, 1.54) is 4.90 Å². The van der Waals surface area contributed by atoms with Gasteiger partial charge in [-0.15, -0.1) is 0 Å². The Labute approximate surface area is 66.2 Å². The van der Waals surface area contributed by atoms with E-state index in [-0.39, 0.29) is 0 Å². The van der Waals surface area contributed by atoms with Crippen LogP contribution in [0.5, 0.6) is 0 Å². The molecule has 1 aliphatic rings. The van der Waals surface area contributed by atoms with E-state index in [1.54, 1.807) is 7.05 Å². The Hall–Kier alpha value is -0.770. The van der Waals surface area contributed by atoms with Crippen molar-refractivity contribution in [3.05, 3.63) is 0 Å². The van der Waals surface area contributed by atoms with Gasteiger partial charge in [-0.25, -0.2) is 4.79 Å². The molecule has 0 unspecified atom stereocenters. The van der Waals surface area contributed by atoms with Crippen LogP contribution >= 0.6 is 0 Å². The van der Waals surface area contributed by atoms with Gasteiger partial charge in [-0.05, 0) is 19.4 Å². The number of carbonyl (C=O) groups is 1. The van der Waals surface area contributed by atoms with Crippen molar-refractivity contribution in [1.82, 2.24) is 10.2 Å². The van der Waals surface area contributed by atoms with Crippen molar-refractivity contribution in [2.45, 2.75) is 18.9 Å². The maximum atomic E-state index is 10.4. The summed E-state index contributed by atoms with van der Waals surface area (Å²) in [7, 11) is 1.60. The molecule has 0 bridgehead atoms. The zero-order valence-electron chi connectivity index (χ0n) is 6.71. The lowest BCUT2D eigenvalue weighted by Crippen LogP contribution is -2.37. The van der Waals surface area contributed by atoms with Crippen LogP contribution in [0.4, 0.5) is 4.79 Å².